The second-order valence-corrected chi connectivity index (χ2v) is 4.70. The summed E-state index contributed by atoms with van der Waals surface area (Å²) in [4.78, 5) is 13.2. The molecule has 0 bridgehead atoms. The Bertz CT molecular complexity index is 419. The number of anilines is 1. The van der Waals surface area contributed by atoms with E-state index in [-0.39, 0.29) is 0 Å². The number of nitrogens with one attached hydrogen (secondary N) is 1. The van der Waals surface area contributed by atoms with Crippen molar-refractivity contribution in [2.75, 3.05) is 31.5 Å². The highest BCUT2D eigenvalue weighted by Gasteiger charge is 2.06. The lowest BCUT2D eigenvalue weighted by Crippen LogP contribution is -2.29. The normalized spacial score (nSPS) is 10.7. The fraction of sp³-hybridized carbons (Fsp3) is 0.533. The minimum absolute atomic E-state index is 0.337. The number of carboxylic acid groups (broad SMARTS) is 1. The minimum Gasteiger partial charge on any atom is -0.478 e. The molecule has 1 rings (SSSR count). The van der Waals surface area contributed by atoms with Crippen molar-refractivity contribution < 1.29 is 9.90 Å². The Morgan fingerprint density at radius 3 is 2.58 bits per heavy atom. The predicted octanol–water partition coefficient (Wildman–Crippen LogP) is 2.84. The molecule has 4 heteroatoms. The lowest BCUT2D eigenvalue weighted by Gasteiger charge is -2.20. The number of carboxylic acids is 1. The summed E-state index contributed by atoms with van der Waals surface area (Å²) in [6.45, 7) is 10.3. The van der Waals surface area contributed by atoms with Crippen LogP contribution in [0.25, 0.3) is 0 Å². The monoisotopic (exact) mass is 264 g/mol. The zero-order valence-corrected chi connectivity index (χ0v) is 12.1. The topological polar surface area (TPSA) is 52.6 Å². The molecular weight excluding hydrogens is 240 g/mol. The average Bonchev–Trinajstić information content (AvgIpc) is 2.39. The van der Waals surface area contributed by atoms with Crippen molar-refractivity contribution >= 4 is 11.7 Å². The van der Waals surface area contributed by atoms with Crippen LogP contribution in [0.1, 0.15) is 36.2 Å². The smallest absolute Gasteiger partial charge is 0.335 e. The molecule has 0 unspecified atom stereocenters. The summed E-state index contributed by atoms with van der Waals surface area (Å²) in [6.07, 6.45) is 1.17. The molecule has 0 spiro atoms. The maximum atomic E-state index is 10.9. The van der Waals surface area contributed by atoms with Crippen LogP contribution in [0.3, 0.4) is 0 Å². The highest BCUT2D eigenvalue weighted by atomic mass is 16.4. The van der Waals surface area contributed by atoms with E-state index < -0.39 is 5.97 Å². The fourth-order valence-corrected chi connectivity index (χ4v) is 2.09. The van der Waals surface area contributed by atoms with E-state index in [4.69, 9.17) is 5.11 Å². The SMILES string of the molecule is CCCN(CC)CCNc1ccc(C(=O)O)cc1C. The van der Waals surface area contributed by atoms with E-state index in [1.54, 1.807) is 12.1 Å². The molecular formula is C15H24N2O2. The van der Waals surface area contributed by atoms with E-state index in [1.807, 2.05) is 13.0 Å². The highest BCUT2D eigenvalue weighted by Crippen LogP contribution is 2.16. The van der Waals surface area contributed by atoms with Gasteiger partial charge in [-0.25, -0.2) is 4.79 Å². The molecule has 0 amide bonds. The van der Waals surface area contributed by atoms with Crippen LogP contribution in [0.5, 0.6) is 0 Å². The highest BCUT2D eigenvalue weighted by molar-refractivity contribution is 5.88. The molecule has 106 valence electrons. The first kappa shape index (κ1) is 15.5. The molecule has 19 heavy (non-hydrogen) atoms. The van der Waals surface area contributed by atoms with Crippen LogP contribution in [0.15, 0.2) is 18.2 Å². The molecule has 1 aromatic rings. The first-order valence-electron chi connectivity index (χ1n) is 6.88. The number of hydrogen-bond acceptors (Lipinski definition) is 3. The van der Waals surface area contributed by atoms with Gasteiger partial charge in [0.1, 0.15) is 0 Å². The van der Waals surface area contributed by atoms with Gasteiger partial charge in [-0.1, -0.05) is 13.8 Å². The lowest BCUT2D eigenvalue weighted by molar-refractivity contribution is 0.0697. The van der Waals surface area contributed by atoms with Crippen molar-refractivity contribution in [3.8, 4) is 0 Å². The second-order valence-electron chi connectivity index (χ2n) is 4.70. The van der Waals surface area contributed by atoms with Gasteiger partial charge >= 0.3 is 5.97 Å². The molecule has 0 aliphatic carbocycles. The van der Waals surface area contributed by atoms with E-state index in [2.05, 4.69) is 24.1 Å². The van der Waals surface area contributed by atoms with Gasteiger partial charge in [0.2, 0.25) is 0 Å². The molecule has 2 N–H and O–H groups in total. The van der Waals surface area contributed by atoms with E-state index in [0.717, 1.165) is 37.4 Å². The summed E-state index contributed by atoms with van der Waals surface area (Å²) in [5.74, 6) is -0.880. The van der Waals surface area contributed by atoms with Gasteiger partial charge < -0.3 is 15.3 Å². The summed E-state index contributed by atoms with van der Waals surface area (Å²) < 4.78 is 0. The van der Waals surface area contributed by atoms with Gasteiger partial charge in [-0.3, -0.25) is 0 Å². The quantitative estimate of drug-likeness (QED) is 0.758. The zero-order chi connectivity index (χ0) is 14.3. The van der Waals surface area contributed by atoms with E-state index in [9.17, 15) is 4.79 Å². The summed E-state index contributed by atoms with van der Waals surface area (Å²) in [5, 5.41) is 12.3. The molecule has 0 aliphatic heterocycles. The van der Waals surface area contributed by atoms with Crippen molar-refractivity contribution in [3.05, 3.63) is 29.3 Å². The molecule has 1 aromatic carbocycles. The average molecular weight is 264 g/mol. The van der Waals surface area contributed by atoms with Crippen molar-refractivity contribution in [2.45, 2.75) is 27.2 Å². The number of aryl methyl sites for hydroxylation is 1. The third-order valence-corrected chi connectivity index (χ3v) is 3.20. The molecule has 0 heterocycles. The number of hydrogen-bond donors (Lipinski definition) is 2. The standard InChI is InChI=1S/C15H24N2O2/c1-4-9-17(5-2)10-8-16-14-7-6-13(15(18)19)11-12(14)3/h6-7,11,16H,4-5,8-10H2,1-3H3,(H,18,19). The number of aromatic carboxylic acids is 1. The Labute approximate surface area is 115 Å². The van der Waals surface area contributed by atoms with Gasteiger partial charge in [0.05, 0.1) is 5.56 Å². The first-order valence-corrected chi connectivity index (χ1v) is 6.88. The number of carbonyl (C=O) groups is 1. The van der Waals surface area contributed by atoms with Gasteiger partial charge in [-0.2, -0.15) is 0 Å². The van der Waals surface area contributed by atoms with Crippen LogP contribution in [-0.4, -0.2) is 42.2 Å². The van der Waals surface area contributed by atoms with Gasteiger partial charge in [0.25, 0.3) is 0 Å². The third-order valence-electron chi connectivity index (χ3n) is 3.20. The lowest BCUT2D eigenvalue weighted by atomic mass is 10.1. The largest absolute Gasteiger partial charge is 0.478 e. The van der Waals surface area contributed by atoms with Crippen LogP contribution in [0, 0.1) is 6.92 Å². The molecule has 0 fully saturated rings. The molecule has 4 nitrogen and oxygen atoms in total. The van der Waals surface area contributed by atoms with Gasteiger partial charge in [-0.05, 0) is 50.2 Å². The van der Waals surface area contributed by atoms with Crippen molar-refractivity contribution in [3.63, 3.8) is 0 Å². The van der Waals surface area contributed by atoms with Crippen LogP contribution in [0.4, 0.5) is 5.69 Å². The Balaban J connectivity index is 2.51. The Morgan fingerprint density at radius 2 is 2.05 bits per heavy atom. The van der Waals surface area contributed by atoms with E-state index in [1.165, 1.54) is 6.42 Å². The Kier molecular flexibility index (Phi) is 6.36. The van der Waals surface area contributed by atoms with Crippen molar-refractivity contribution in [1.29, 1.82) is 0 Å². The van der Waals surface area contributed by atoms with Crippen LogP contribution < -0.4 is 5.32 Å². The van der Waals surface area contributed by atoms with Crippen LogP contribution in [-0.2, 0) is 0 Å². The van der Waals surface area contributed by atoms with Gasteiger partial charge in [0, 0.05) is 18.8 Å². The van der Waals surface area contributed by atoms with E-state index in [0.29, 0.717) is 5.56 Å². The van der Waals surface area contributed by atoms with E-state index >= 15 is 0 Å². The van der Waals surface area contributed by atoms with Crippen molar-refractivity contribution in [1.82, 2.24) is 4.90 Å². The van der Waals surface area contributed by atoms with Gasteiger partial charge in [0.15, 0.2) is 0 Å². The number of likely N-dealkylation sites (N-methyl/N-ethyl adjacent to an activating group) is 1. The second kappa shape index (κ2) is 7.79. The Hall–Kier alpha value is -1.55. The predicted molar refractivity (Wildman–Crippen MR) is 79.0 cm³/mol. The van der Waals surface area contributed by atoms with Gasteiger partial charge in [-0.15, -0.1) is 0 Å². The summed E-state index contributed by atoms with van der Waals surface area (Å²) in [6, 6.07) is 5.19. The Morgan fingerprint density at radius 1 is 1.32 bits per heavy atom. The maximum Gasteiger partial charge on any atom is 0.335 e. The zero-order valence-electron chi connectivity index (χ0n) is 12.1. The molecule has 0 atom stereocenters. The molecule has 0 radical (unpaired) electrons. The molecule has 0 saturated heterocycles. The minimum atomic E-state index is -0.880. The summed E-state index contributed by atoms with van der Waals surface area (Å²) >= 11 is 0. The van der Waals surface area contributed by atoms with Crippen LogP contribution in [0.2, 0.25) is 0 Å². The summed E-state index contributed by atoms with van der Waals surface area (Å²) in [5.41, 5.74) is 2.32. The first-order chi connectivity index (χ1) is 9.08. The number of benzene rings is 1. The fourth-order valence-electron chi connectivity index (χ4n) is 2.09. The summed E-state index contributed by atoms with van der Waals surface area (Å²) in [7, 11) is 0. The maximum absolute atomic E-state index is 10.9. The third kappa shape index (κ3) is 4.91. The molecule has 0 saturated carbocycles. The number of nitrogens with zero attached hydrogens (tertiary/aromatic N) is 1. The number of rotatable bonds is 8. The molecule has 0 aromatic heterocycles. The molecule has 0 aliphatic rings. The van der Waals surface area contributed by atoms with Crippen LogP contribution >= 0.6 is 0 Å². The van der Waals surface area contributed by atoms with Crippen molar-refractivity contribution in [2.24, 2.45) is 0 Å².